The summed E-state index contributed by atoms with van der Waals surface area (Å²) in [5, 5.41) is 2.91. The molecule has 1 amide bonds. The van der Waals surface area contributed by atoms with E-state index in [4.69, 9.17) is 5.73 Å². The zero-order valence-electron chi connectivity index (χ0n) is 12.1. The molecule has 1 fully saturated rings. The fraction of sp³-hybridized carbons (Fsp3) is 0.533. The molecule has 0 aromatic heterocycles. The third-order valence-electron chi connectivity index (χ3n) is 4.14. The Labute approximate surface area is 119 Å². The summed E-state index contributed by atoms with van der Waals surface area (Å²) in [7, 11) is 4.20. The molecule has 0 saturated carbocycles. The summed E-state index contributed by atoms with van der Waals surface area (Å²) in [6.07, 6.45) is 2.84. The predicted octanol–water partition coefficient (Wildman–Crippen LogP) is 1.29. The molecule has 5 heteroatoms. The van der Waals surface area contributed by atoms with Gasteiger partial charge in [-0.1, -0.05) is 0 Å². The van der Waals surface area contributed by atoms with Crippen LogP contribution in [0.1, 0.15) is 18.4 Å². The van der Waals surface area contributed by atoms with Crippen LogP contribution in [0.5, 0.6) is 0 Å². The van der Waals surface area contributed by atoms with Crippen LogP contribution in [0.3, 0.4) is 0 Å². The minimum atomic E-state index is 0.0582. The van der Waals surface area contributed by atoms with Crippen molar-refractivity contribution in [1.29, 1.82) is 0 Å². The summed E-state index contributed by atoms with van der Waals surface area (Å²) in [4.78, 5) is 16.1. The third kappa shape index (κ3) is 2.33. The average molecular weight is 274 g/mol. The van der Waals surface area contributed by atoms with Crippen molar-refractivity contribution in [1.82, 2.24) is 4.90 Å². The van der Waals surface area contributed by atoms with Crippen molar-refractivity contribution < 1.29 is 4.79 Å². The van der Waals surface area contributed by atoms with Gasteiger partial charge in [0, 0.05) is 24.8 Å². The molecule has 1 unspecified atom stereocenters. The number of benzene rings is 1. The molecule has 108 valence electrons. The van der Waals surface area contributed by atoms with Crippen LogP contribution >= 0.6 is 0 Å². The van der Waals surface area contributed by atoms with Gasteiger partial charge in [0.15, 0.2) is 0 Å². The molecule has 2 aliphatic heterocycles. The van der Waals surface area contributed by atoms with Crippen molar-refractivity contribution in [3.8, 4) is 0 Å². The number of amides is 1. The first kappa shape index (κ1) is 13.2. The predicted molar refractivity (Wildman–Crippen MR) is 82.1 cm³/mol. The van der Waals surface area contributed by atoms with Crippen LogP contribution in [-0.4, -0.2) is 44.0 Å². The van der Waals surface area contributed by atoms with Gasteiger partial charge in [-0.25, -0.2) is 0 Å². The van der Waals surface area contributed by atoms with E-state index in [1.54, 1.807) is 0 Å². The van der Waals surface area contributed by atoms with E-state index in [1.807, 2.05) is 12.1 Å². The Morgan fingerprint density at radius 2 is 2.25 bits per heavy atom. The molecule has 2 heterocycles. The number of anilines is 3. The van der Waals surface area contributed by atoms with Crippen molar-refractivity contribution in [2.75, 3.05) is 43.1 Å². The minimum absolute atomic E-state index is 0.0582. The molecule has 2 aliphatic rings. The van der Waals surface area contributed by atoms with Crippen molar-refractivity contribution in [2.24, 2.45) is 0 Å². The SMILES string of the molecule is CN(C)CC1CCCN1c1cc2c(cc1N)CC(=O)N2. The molecular formula is C15H22N4O. The Balaban J connectivity index is 1.90. The van der Waals surface area contributed by atoms with Gasteiger partial charge in [0.05, 0.1) is 17.8 Å². The fourth-order valence-corrected chi connectivity index (χ4v) is 3.30. The van der Waals surface area contributed by atoms with Crippen molar-refractivity contribution in [2.45, 2.75) is 25.3 Å². The van der Waals surface area contributed by atoms with Gasteiger partial charge in [-0.2, -0.15) is 0 Å². The van der Waals surface area contributed by atoms with E-state index in [0.717, 1.165) is 35.7 Å². The largest absolute Gasteiger partial charge is 0.397 e. The van der Waals surface area contributed by atoms with Gasteiger partial charge in [-0.15, -0.1) is 0 Å². The van der Waals surface area contributed by atoms with Crippen LogP contribution in [0.25, 0.3) is 0 Å². The smallest absolute Gasteiger partial charge is 0.228 e. The maximum absolute atomic E-state index is 11.5. The summed E-state index contributed by atoms with van der Waals surface area (Å²) in [6.45, 7) is 2.07. The summed E-state index contributed by atoms with van der Waals surface area (Å²) in [5.41, 5.74) is 10.0. The van der Waals surface area contributed by atoms with E-state index in [2.05, 4.69) is 29.2 Å². The highest BCUT2D eigenvalue weighted by Crippen LogP contribution is 2.37. The summed E-state index contributed by atoms with van der Waals surface area (Å²) < 4.78 is 0. The highest BCUT2D eigenvalue weighted by molar-refractivity contribution is 6.01. The molecule has 20 heavy (non-hydrogen) atoms. The number of nitrogens with one attached hydrogen (secondary N) is 1. The third-order valence-corrected chi connectivity index (χ3v) is 4.14. The molecular weight excluding hydrogens is 252 g/mol. The highest BCUT2D eigenvalue weighted by atomic mass is 16.1. The van der Waals surface area contributed by atoms with Crippen LogP contribution in [0, 0.1) is 0 Å². The van der Waals surface area contributed by atoms with Crippen LogP contribution < -0.4 is 16.0 Å². The molecule has 3 rings (SSSR count). The van der Waals surface area contributed by atoms with Gasteiger partial charge >= 0.3 is 0 Å². The van der Waals surface area contributed by atoms with Gasteiger partial charge in [-0.05, 0) is 44.6 Å². The van der Waals surface area contributed by atoms with Crippen LogP contribution in [0.2, 0.25) is 0 Å². The van der Waals surface area contributed by atoms with Gasteiger partial charge in [0.2, 0.25) is 5.91 Å². The van der Waals surface area contributed by atoms with E-state index < -0.39 is 0 Å². The quantitative estimate of drug-likeness (QED) is 0.816. The molecule has 0 aliphatic carbocycles. The Hall–Kier alpha value is -1.75. The second-order valence-electron chi connectivity index (χ2n) is 6.04. The topological polar surface area (TPSA) is 61.6 Å². The standard InChI is InChI=1S/C15H22N4O/c1-18(2)9-11-4-3-5-19(11)14-8-13-10(6-12(14)16)7-15(20)17-13/h6,8,11H,3-5,7,9,16H2,1-2H3,(H,17,20). The first-order chi connectivity index (χ1) is 9.54. The Bertz CT molecular complexity index is 541. The molecule has 1 saturated heterocycles. The number of nitrogens with zero attached hydrogens (tertiary/aromatic N) is 2. The van der Waals surface area contributed by atoms with Crippen LogP contribution in [-0.2, 0) is 11.2 Å². The first-order valence-corrected chi connectivity index (χ1v) is 7.18. The first-order valence-electron chi connectivity index (χ1n) is 7.18. The number of hydrogen-bond acceptors (Lipinski definition) is 4. The molecule has 1 aromatic carbocycles. The molecule has 0 bridgehead atoms. The Morgan fingerprint density at radius 1 is 1.45 bits per heavy atom. The molecule has 0 radical (unpaired) electrons. The molecule has 1 aromatic rings. The number of carbonyl (C=O) groups excluding carboxylic acids is 1. The number of fused-ring (bicyclic) bond motifs is 1. The monoisotopic (exact) mass is 274 g/mol. The van der Waals surface area contributed by atoms with Gasteiger partial charge < -0.3 is 20.9 Å². The maximum atomic E-state index is 11.5. The van der Waals surface area contributed by atoms with Gasteiger partial charge in [0.25, 0.3) is 0 Å². The minimum Gasteiger partial charge on any atom is -0.397 e. The Morgan fingerprint density at radius 3 is 3.00 bits per heavy atom. The highest BCUT2D eigenvalue weighted by Gasteiger charge is 2.28. The van der Waals surface area contributed by atoms with Crippen molar-refractivity contribution in [3.05, 3.63) is 17.7 Å². The van der Waals surface area contributed by atoms with E-state index >= 15 is 0 Å². The van der Waals surface area contributed by atoms with E-state index in [-0.39, 0.29) is 5.91 Å². The number of hydrogen-bond donors (Lipinski definition) is 2. The lowest BCUT2D eigenvalue weighted by Gasteiger charge is -2.30. The van der Waals surface area contributed by atoms with Crippen LogP contribution in [0.15, 0.2) is 12.1 Å². The molecule has 1 atom stereocenters. The van der Waals surface area contributed by atoms with Crippen LogP contribution in [0.4, 0.5) is 17.1 Å². The van der Waals surface area contributed by atoms with Crippen molar-refractivity contribution in [3.63, 3.8) is 0 Å². The van der Waals surface area contributed by atoms with E-state index in [1.165, 1.54) is 12.8 Å². The molecule has 5 nitrogen and oxygen atoms in total. The number of carbonyl (C=O) groups is 1. The fourth-order valence-electron chi connectivity index (χ4n) is 3.30. The second kappa shape index (κ2) is 4.98. The number of nitrogen functional groups attached to an aromatic ring is 1. The lowest BCUT2D eigenvalue weighted by Crippen LogP contribution is -2.37. The average Bonchev–Trinajstić information content (AvgIpc) is 2.92. The van der Waals surface area contributed by atoms with E-state index in [0.29, 0.717) is 12.5 Å². The molecule has 0 spiro atoms. The zero-order chi connectivity index (χ0) is 14.3. The Kier molecular flexibility index (Phi) is 3.30. The maximum Gasteiger partial charge on any atom is 0.228 e. The lowest BCUT2D eigenvalue weighted by atomic mass is 10.1. The normalized spacial score (nSPS) is 21.4. The molecule has 3 N–H and O–H groups in total. The number of nitrogens with two attached hydrogens (primary N) is 1. The zero-order valence-corrected chi connectivity index (χ0v) is 12.1. The summed E-state index contributed by atoms with van der Waals surface area (Å²) in [6, 6.07) is 4.50. The van der Waals surface area contributed by atoms with Gasteiger partial charge in [0.1, 0.15) is 0 Å². The lowest BCUT2D eigenvalue weighted by molar-refractivity contribution is -0.115. The number of rotatable bonds is 3. The number of likely N-dealkylation sites (N-methyl/N-ethyl adjacent to an activating group) is 1. The summed E-state index contributed by atoms with van der Waals surface area (Å²) >= 11 is 0. The van der Waals surface area contributed by atoms with E-state index in [9.17, 15) is 4.79 Å². The summed E-state index contributed by atoms with van der Waals surface area (Å²) in [5.74, 6) is 0.0582. The van der Waals surface area contributed by atoms with Gasteiger partial charge in [-0.3, -0.25) is 4.79 Å². The van der Waals surface area contributed by atoms with Crippen molar-refractivity contribution >= 4 is 23.0 Å². The second-order valence-corrected chi connectivity index (χ2v) is 6.04.